The van der Waals surface area contributed by atoms with Gasteiger partial charge in [-0.05, 0) is 75.6 Å². The highest BCUT2D eigenvalue weighted by atomic mass is 16.5. The molecular formula is C28H36N4O3. The van der Waals surface area contributed by atoms with Crippen molar-refractivity contribution in [1.82, 2.24) is 15.0 Å². The van der Waals surface area contributed by atoms with Gasteiger partial charge in [0.25, 0.3) is 0 Å². The minimum absolute atomic E-state index is 0.0625. The molecule has 2 fully saturated rings. The molecule has 186 valence electrons. The molecule has 3 aromatic rings. The number of rotatable bonds is 6. The molecule has 2 aromatic carbocycles. The van der Waals surface area contributed by atoms with Gasteiger partial charge in [-0.25, -0.2) is 0 Å². The lowest BCUT2D eigenvalue weighted by atomic mass is 9.73. The Balaban J connectivity index is 1.52. The van der Waals surface area contributed by atoms with Crippen LogP contribution >= 0.6 is 0 Å². The summed E-state index contributed by atoms with van der Waals surface area (Å²) in [6, 6.07) is 15.6. The van der Waals surface area contributed by atoms with Gasteiger partial charge in [-0.2, -0.15) is 0 Å². The molecule has 5 rings (SSSR count). The summed E-state index contributed by atoms with van der Waals surface area (Å²) in [5.74, 6) is 2.56. The third kappa shape index (κ3) is 4.33. The molecule has 0 spiro atoms. The van der Waals surface area contributed by atoms with E-state index in [2.05, 4.69) is 58.4 Å². The van der Waals surface area contributed by atoms with E-state index in [4.69, 9.17) is 19.7 Å². The van der Waals surface area contributed by atoms with Crippen LogP contribution in [0, 0.1) is 13.8 Å². The van der Waals surface area contributed by atoms with E-state index < -0.39 is 0 Å². The number of methoxy groups -OCH3 is 2. The zero-order valence-corrected chi connectivity index (χ0v) is 21.3. The SMILES string of the molecule is COc1cc(OC)cc(C2C(N)N(C3CCN(C)CC3)C2c2ccc(-c3c(C)noc3C)cc2)c1. The van der Waals surface area contributed by atoms with Crippen LogP contribution in [-0.2, 0) is 0 Å². The van der Waals surface area contributed by atoms with E-state index in [1.165, 1.54) is 5.56 Å². The summed E-state index contributed by atoms with van der Waals surface area (Å²) < 4.78 is 16.5. The Bertz CT molecular complexity index is 1130. The van der Waals surface area contributed by atoms with Gasteiger partial charge in [0, 0.05) is 29.6 Å². The molecule has 2 saturated heterocycles. The molecule has 0 aliphatic carbocycles. The summed E-state index contributed by atoms with van der Waals surface area (Å²) in [5.41, 5.74) is 12.5. The number of hydrogen-bond acceptors (Lipinski definition) is 7. The molecular weight excluding hydrogens is 440 g/mol. The highest BCUT2D eigenvalue weighted by Crippen LogP contribution is 2.52. The Kier molecular flexibility index (Phi) is 6.57. The molecule has 3 unspecified atom stereocenters. The topological polar surface area (TPSA) is 77.0 Å². The molecule has 7 nitrogen and oxygen atoms in total. The lowest BCUT2D eigenvalue weighted by Gasteiger charge is -2.58. The molecule has 0 amide bonds. The number of nitrogens with zero attached hydrogens (tertiary/aromatic N) is 3. The van der Waals surface area contributed by atoms with Gasteiger partial charge in [-0.1, -0.05) is 29.4 Å². The van der Waals surface area contributed by atoms with Crippen LogP contribution in [-0.4, -0.2) is 61.5 Å². The summed E-state index contributed by atoms with van der Waals surface area (Å²) in [6.45, 7) is 6.15. The maximum absolute atomic E-state index is 6.93. The number of ether oxygens (including phenoxy) is 2. The maximum atomic E-state index is 6.93. The molecule has 7 heteroatoms. The van der Waals surface area contributed by atoms with Crippen LogP contribution in [0.1, 0.15) is 47.4 Å². The first kappa shape index (κ1) is 23.9. The van der Waals surface area contributed by atoms with E-state index in [-0.39, 0.29) is 18.1 Å². The number of likely N-dealkylation sites (tertiary alicyclic amines) is 2. The maximum Gasteiger partial charge on any atom is 0.141 e. The first-order valence-corrected chi connectivity index (χ1v) is 12.4. The smallest absolute Gasteiger partial charge is 0.141 e. The molecule has 2 aliphatic heterocycles. The predicted molar refractivity (Wildman–Crippen MR) is 137 cm³/mol. The number of piperidine rings is 1. The quantitative estimate of drug-likeness (QED) is 0.561. The fraction of sp³-hybridized carbons (Fsp3) is 0.464. The summed E-state index contributed by atoms with van der Waals surface area (Å²) >= 11 is 0. The van der Waals surface area contributed by atoms with E-state index >= 15 is 0 Å². The Morgan fingerprint density at radius 2 is 1.57 bits per heavy atom. The molecule has 35 heavy (non-hydrogen) atoms. The van der Waals surface area contributed by atoms with Gasteiger partial charge in [0.1, 0.15) is 17.3 Å². The van der Waals surface area contributed by atoms with Crippen molar-refractivity contribution in [3.05, 3.63) is 65.0 Å². The van der Waals surface area contributed by atoms with E-state index in [9.17, 15) is 0 Å². The van der Waals surface area contributed by atoms with Crippen LogP contribution in [0.4, 0.5) is 0 Å². The van der Waals surface area contributed by atoms with Crippen molar-refractivity contribution in [2.45, 2.75) is 50.9 Å². The average Bonchev–Trinajstić information content (AvgIpc) is 3.21. The molecule has 1 aromatic heterocycles. The molecule has 3 heterocycles. The van der Waals surface area contributed by atoms with Crippen molar-refractivity contribution in [3.8, 4) is 22.6 Å². The van der Waals surface area contributed by atoms with Crippen LogP contribution in [0.3, 0.4) is 0 Å². The molecule has 0 bridgehead atoms. The third-order valence-corrected chi connectivity index (χ3v) is 7.82. The zero-order valence-electron chi connectivity index (χ0n) is 21.3. The summed E-state index contributed by atoms with van der Waals surface area (Å²) in [4.78, 5) is 4.94. The van der Waals surface area contributed by atoms with Crippen LogP contribution < -0.4 is 15.2 Å². The van der Waals surface area contributed by atoms with Gasteiger partial charge in [0.2, 0.25) is 0 Å². The second-order valence-corrected chi connectivity index (χ2v) is 9.91. The van der Waals surface area contributed by atoms with Crippen molar-refractivity contribution in [3.63, 3.8) is 0 Å². The number of benzene rings is 2. The van der Waals surface area contributed by atoms with E-state index in [0.717, 1.165) is 65.6 Å². The first-order chi connectivity index (χ1) is 16.9. The lowest BCUT2D eigenvalue weighted by Crippen LogP contribution is -2.65. The van der Waals surface area contributed by atoms with Gasteiger partial charge >= 0.3 is 0 Å². The Hall–Kier alpha value is -2.87. The standard InChI is InChI=1S/C28H36N4O3/c1-17-25(18(2)35-30-17)19-6-8-20(9-7-19)27-26(21-14-23(33-4)16-24(15-21)34-5)28(29)32(27)22-10-12-31(3)13-11-22/h6-9,14-16,22,26-28H,10-13,29H2,1-5H3. The van der Waals surface area contributed by atoms with E-state index in [1.54, 1.807) is 14.2 Å². The fourth-order valence-electron chi connectivity index (χ4n) is 5.93. The van der Waals surface area contributed by atoms with Crippen molar-refractivity contribution < 1.29 is 14.0 Å². The number of aromatic nitrogens is 1. The highest BCUT2D eigenvalue weighted by molar-refractivity contribution is 5.68. The third-order valence-electron chi connectivity index (χ3n) is 7.82. The van der Waals surface area contributed by atoms with Crippen molar-refractivity contribution in [2.24, 2.45) is 5.73 Å². The largest absolute Gasteiger partial charge is 0.497 e. The number of aryl methyl sites for hydroxylation is 2. The Morgan fingerprint density at radius 3 is 2.11 bits per heavy atom. The summed E-state index contributed by atoms with van der Waals surface area (Å²) in [5, 5.41) is 4.12. The number of nitrogens with two attached hydrogens (primary N) is 1. The lowest BCUT2D eigenvalue weighted by molar-refractivity contribution is -0.0668. The molecule has 2 aliphatic rings. The second-order valence-electron chi connectivity index (χ2n) is 9.91. The van der Waals surface area contributed by atoms with Crippen molar-refractivity contribution in [2.75, 3.05) is 34.4 Å². The summed E-state index contributed by atoms with van der Waals surface area (Å²) in [7, 11) is 5.58. The van der Waals surface area contributed by atoms with Gasteiger partial charge in [0.15, 0.2) is 0 Å². The van der Waals surface area contributed by atoms with Gasteiger partial charge < -0.3 is 24.6 Å². The molecule has 0 radical (unpaired) electrons. The Morgan fingerprint density at radius 1 is 0.943 bits per heavy atom. The highest BCUT2D eigenvalue weighted by Gasteiger charge is 2.51. The minimum atomic E-state index is -0.0625. The van der Waals surface area contributed by atoms with Gasteiger partial charge in [0.05, 0.1) is 26.1 Å². The van der Waals surface area contributed by atoms with Crippen LogP contribution in [0.5, 0.6) is 11.5 Å². The van der Waals surface area contributed by atoms with E-state index in [0.29, 0.717) is 6.04 Å². The minimum Gasteiger partial charge on any atom is -0.497 e. The van der Waals surface area contributed by atoms with E-state index in [1.807, 2.05) is 19.9 Å². The predicted octanol–water partition coefficient (Wildman–Crippen LogP) is 4.50. The number of hydrogen-bond donors (Lipinski definition) is 1. The van der Waals surface area contributed by atoms with Crippen molar-refractivity contribution >= 4 is 0 Å². The van der Waals surface area contributed by atoms with Crippen LogP contribution in [0.2, 0.25) is 0 Å². The zero-order chi connectivity index (χ0) is 24.7. The normalized spacial score (nSPS) is 23.8. The summed E-state index contributed by atoms with van der Waals surface area (Å²) in [6.07, 6.45) is 2.20. The first-order valence-electron chi connectivity index (χ1n) is 12.4. The second kappa shape index (κ2) is 9.64. The van der Waals surface area contributed by atoms with Crippen molar-refractivity contribution in [1.29, 1.82) is 0 Å². The molecule has 2 N–H and O–H groups in total. The average molecular weight is 477 g/mol. The van der Waals surface area contributed by atoms with Crippen LogP contribution in [0.15, 0.2) is 47.0 Å². The Labute approximate surface area is 207 Å². The fourth-order valence-corrected chi connectivity index (χ4v) is 5.93. The monoisotopic (exact) mass is 476 g/mol. The molecule has 0 saturated carbocycles. The van der Waals surface area contributed by atoms with Crippen LogP contribution in [0.25, 0.3) is 11.1 Å². The van der Waals surface area contributed by atoms with Gasteiger partial charge in [-0.15, -0.1) is 0 Å². The van der Waals surface area contributed by atoms with Gasteiger partial charge in [-0.3, -0.25) is 4.90 Å². The molecule has 3 atom stereocenters.